The van der Waals surface area contributed by atoms with Gasteiger partial charge in [-0.2, -0.15) is 0 Å². The van der Waals surface area contributed by atoms with Gasteiger partial charge in [-0.15, -0.1) is 0 Å². The Morgan fingerprint density at radius 3 is 2.37 bits per heavy atom. The van der Waals surface area contributed by atoms with Crippen LogP contribution in [0, 0.1) is 23.5 Å². The van der Waals surface area contributed by atoms with E-state index in [9.17, 15) is 8.78 Å². The molecule has 1 unspecified atom stereocenters. The van der Waals surface area contributed by atoms with E-state index in [2.05, 4.69) is 60.4 Å². The Hall–Kier alpha value is -2.19. The van der Waals surface area contributed by atoms with Crippen LogP contribution in [-0.2, 0) is 6.42 Å². The lowest BCUT2D eigenvalue weighted by atomic mass is 9.95. The van der Waals surface area contributed by atoms with Crippen LogP contribution in [0.15, 0.2) is 60.7 Å². The molecule has 154 valence electrons. The minimum atomic E-state index is -0.286. The zero-order chi connectivity index (χ0) is 21.7. The number of benzene rings is 3. The van der Waals surface area contributed by atoms with E-state index in [4.69, 9.17) is 0 Å². The Morgan fingerprint density at radius 2 is 1.63 bits per heavy atom. The van der Waals surface area contributed by atoms with E-state index in [1.54, 1.807) is 6.07 Å². The van der Waals surface area contributed by atoms with E-state index < -0.39 is 0 Å². The molecule has 30 heavy (non-hydrogen) atoms. The van der Waals surface area contributed by atoms with Crippen molar-refractivity contribution in [2.45, 2.75) is 43.5 Å². The average Bonchev–Trinajstić information content (AvgIpc) is 2.73. The lowest BCUT2D eigenvalue weighted by Gasteiger charge is -2.14. The van der Waals surface area contributed by atoms with E-state index in [1.807, 2.05) is 43.3 Å². The van der Waals surface area contributed by atoms with Crippen LogP contribution in [0.5, 0.6) is 0 Å². The van der Waals surface area contributed by atoms with Gasteiger partial charge in [-0.05, 0) is 58.9 Å². The fraction of sp³-hybridized carbons (Fsp3) is 0.259. The van der Waals surface area contributed by atoms with Crippen LogP contribution in [0.3, 0.4) is 0 Å². The normalized spacial score (nSPS) is 11.8. The maximum atomic E-state index is 14.5. The Kier molecular flexibility index (Phi) is 7.66. The van der Waals surface area contributed by atoms with Crippen molar-refractivity contribution in [3.05, 3.63) is 94.6 Å². The molecule has 0 saturated heterocycles. The van der Waals surface area contributed by atoms with Crippen molar-refractivity contribution in [3.8, 4) is 23.0 Å². The molecule has 1 atom stereocenters. The Balaban J connectivity index is 1.86. The molecule has 0 aliphatic rings. The summed E-state index contributed by atoms with van der Waals surface area (Å²) in [6.45, 7) is 6.16. The molecule has 0 saturated carbocycles. The topological polar surface area (TPSA) is 0 Å². The SMILES string of the molecule is CCC#Cc1cc(C(I)Cc2cccc(-c3cc(C(C)C)ccc3F)c2)ccc1F. The molecule has 0 aliphatic heterocycles. The second-order valence-corrected chi connectivity index (χ2v) is 9.16. The van der Waals surface area contributed by atoms with E-state index in [0.29, 0.717) is 23.5 Å². The third-order valence-electron chi connectivity index (χ3n) is 5.06. The second kappa shape index (κ2) is 10.2. The van der Waals surface area contributed by atoms with Crippen LogP contribution in [0.2, 0.25) is 0 Å². The molecule has 0 bridgehead atoms. The largest absolute Gasteiger partial charge is 0.206 e. The number of alkyl halides is 1. The molecule has 3 aromatic rings. The lowest BCUT2D eigenvalue weighted by molar-refractivity contribution is 0.623. The van der Waals surface area contributed by atoms with E-state index >= 15 is 0 Å². The Labute approximate surface area is 191 Å². The minimum absolute atomic E-state index is 0.160. The third kappa shape index (κ3) is 5.49. The molecular weight excluding hydrogens is 489 g/mol. The fourth-order valence-corrected chi connectivity index (χ4v) is 4.23. The van der Waals surface area contributed by atoms with Crippen molar-refractivity contribution in [2.75, 3.05) is 0 Å². The molecule has 0 radical (unpaired) electrons. The zero-order valence-electron chi connectivity index (χ0n) is 17.5. The smallest absolute Gasteiger partial charge is 0.138 e. The van der Waals surface area contributed by atoms with Crippen LogP contribution < -0.4 is 0 Å². The molecule has 0 heterocycles. The van der Waals surface area contributed by atoms with Crippen LogP contribution in [0.1, 0.15) is 59.3 Å². The number of halogens is 3. The number of hydrogen-bond acceptors (Lipinski definition) is 0. The minimum Gasteiger partial charge on any atom is -0.206 e. The highest BCUT2D eigenvalue weighted by molar-refractivity contribution is 14.1. The summed E-state index contributed by atoms with van der Waals surface area (Å²) in [7, 11) is 0. The summed E-state index contributed by atoms with van der Waals surface area (Å²) in [5.74, 6) is 5.69. The van der Waals surface area contributed by atoms with Crippen molar-refractivity contribution in [1.82, 2.24) is 0 Å². The highest BCUT2D eigenvalue weighted by Gasteiger charge is 2.13. The standard InChI is InChI=1S/C27H25F2I/c1-4-5-8-22-16-23(11-12-25(22)28)27(30)15-19-7-6-9-21(14-19)24-17-20(18(2)3)10-13-26(24)29/h6-7,9-14,16-18,27H,4,15H2,1-3H3. The van der Waals surface area contributed by atoms with Crippen molar-refractivity contribution < 1.29 is 8.78 Å². The van der Waals surface area contributed by atoms with Gasteiger partial charge in [0.1, 0.15) is 11.6 Å². The predicted molar refractivity (Wildman–Crippen MR) is 130 cm³/mol. The van der Waals surface area contributed by atoms with Gasteiger partial charge in [0.15, 0.2) is 0 Å². The van der Waals surface area contributed by atoms with Gasteiger partial charge < -0.3 is 0 Å². The van der Waals surface area contributed by atoms with Crippen LogP contribution in [-0.4, -0.2) is 0 Å². The summed E-state index contributed by atoms with van der Waals surface area (Å²) < 4.78 is 28.7. The molecule has 0 N–H and O–H groups in total. The van der Waals surface area contributed by atoms with Gasteiger partial charge in [0.25, 0.3) is 0 Å². The summed E-state index contributed by atoms with van der Waals surface area (Å²) in [4.78, 5) is 0. The summed E-state index contributed by atoms with van der Waals surface area (Å²) in [5, 5.41) is 0. The second-order valence-electron chi connectivity index (χ2n) is 7.66. The van der Waals surface area contributed by atoms with Crippen LogP contribution in [0.4, 0.5) is 8.78 Å². The van der Waals surface area contributed by atoms with Gasteiger partial charge in [0.2, 0.25) is 0 Å². The first kappa shape index (κ1) is 22.5. The zero-order valence-corrected chi connectivity index (χ0v) is 19.6. The third-order valence-corrected chi connectivity index (χ3v) is 6.22. The maximum absolute atomic E-state index is 14.5. The Bertz CT molecular complexity index is 1090. The van der Waals surface area contributed by atoms with Gasteiger partial charge in [-0.25, -0.2) is 8.78 Å². The fourth-order valence-electron chi connectivity index (χ4n) is 3.33. The highest BCUT2D eigenvalue weighted by atomic mass is 127. The van der Waals surface area contributed by atoms with E-state index in [-0.39, 0.29) is 15.6 Å². The predicted octanol–water partition coefficient (Wildman–Crippen LogP) is 8.24. The average molecular weight is 514 g/mol. The van der Waals surface area contributed by atoms with E-state index in [0.717, 1.165) is 28.7 Å². The van der Waals surface area contributed by atoms with Gasteiger partial charge in [0, 0.05) is 15.9 Å². The van der Waals surface area contributed by atoms with Gasteiger partial charge in [-0.3, -0.25) is 0 Å². The molecular formula is C27H25F2I. The summed E-state index contributed by atoms with van der Waals surface area (Å²) in [5.41, 5.74) is 5.23. The number of hydrogen-bond donors (Lipinski definition) is 0. The molecule has 0 amide bonds. The molecule has 0 fully saturated rings. The highest BCUT2D eigenvalue weighted by Crippen LogP contribution is 2.32. The molecule has 3 aromatic carbocycles. The molecule has 3 rings (SSSR count). The number of rotatable bonds is 5. The van der Waals surface area contributed by atoms with Gasteiger partial charge >= 0.3 is 0 Å². The van der Waals surface area contributed by atoms with Crippen molar-refractivity contribution in [3.63, 3.8) is 0 Å². The summed E-state index contributed by atoms with van der Waals surface area (Å²) in [6, 6.07) is 18.5. The molecule has 0 nitrogen and oxygen atoms in total. The van der Waals surface area contributed by atoms with Crippen LogP contribution in [0.25, 0.3) is 11.1 Å². The molecule has 0 aliphatic carbocycles. The maximum Gasteiger partial charge on any atom is 0.138 e. The molecule has 3 heteroatoms. The van der Waals surface area contributed by atoms with Crippen molar-refractivity contribution >= 4 is 22.6 Å². The quantitative estimate of drug-likeness (QED) is 0.183. The van der Waals surface area contributed by atoms with Crippen molar-refractivity contribution in [2.24, 2.45) is 0 Å². The van der Waals surface area contributed by atoms with Gasteiger partial charge in [-0.1, -0.05) is 91.6 Å². The monoisotopic (exact) mass is 514 g/mol. The first-order valence-corrected chi connectivity index (χ1v) is 11.4. The van der Waals surface area contributed by atoms with Crippen molar-refractivity contribution in [1.29, 1.82) is 0 Å². The lowest BCUT2D eigenvalue weighted by Crippen LogP contribution is -1.98. The molecule has 0 spiro atoms. The van der Waals surface area contributed by atoms with Gasteiger partial charge in [0.05, 0.1) is 5.56 Å². The summed E-state index contributed by atoms with van der Waals surface area (Å²) in [6.07, 6.45) is 1.46. The molecule has 0 aromatic heterocycles. The van der Waals surface area contributed by atoms with Crippen LogP contribution >= 0.6 is 22.6 Å². The first-order valence-electron chi connectivity index (χ1n) is 10.2. The van der Waals surface area contributed by atoms with E-state index in [1.165, 1.54) is 6.07 Å². The summed E-state index contributed by atoms with van der Waals surface area (Å²) >= 11 is 2.38. The first-order chi connectivity index (χ1) is 14.4. The Morgan fingerprint density at radius 1 is 0.900 bits per heavy atom.